The lowest BCUT2D eigenvalue weighted by Gasteiger charge is -2.22. The summed E-state index contributed by atoms with van der Waals surface area (Å²) in [7, 11) is -1.81. The number of rotatable bonds is 9. The van der Waals surface area contributed by atoms with Crippen molar-refractivity contribution in [3.05, 3.63) is 58.4 Å². The van der Waals surface area contributed by atoms with Gasteiger partial charge in [-0.05, 0) is 37.3 Å². The van der Waals surface area contributed by atoms with Gasteiger partial charge < -0.3 is 15.4 Å². The van der Waals surface area contributed by atoms with Crippen molar-refractivity contribution in [3.63, 3.8) is 0 Å². The molecule has 8 nitrogen and oxygen atoms in total. The lowest BCUT2D eigenvalue weighted by Crippen LogP contribution is -2.32. The molecule has 1 aromatic heterocycles. The van der Waals surface area contributed by atoms with Crippen molar-refractivity contribution in [2.45, 2.75) is 31.8 Å². The summed E-state index contributed by atoms with van der Waals surface area (Å²) >= 11 is 6.40. The predicted octanol–water partition coefficient (Wildman–Crippen LogP) is 3.38. The summed E-state index contributed by atoms with van der Waals surface area (Å²) in [5, 5.41) is 7.77. The number of nitrogens with one attached hydrogen (secondary N) is 2. The van der Waals surface area contributed by atoms with Crippen molar-refractivity contribution in [2.24, 2.45) is 5.92 Å². The zero-order chi connectivity index (χ0) is 22.6. The van der Waals surface area contributed by atoms with Gasteiger partial charge in [0.25, 0.3) is 5.91 Å². The van der Waals surface area contributed by atoms with Crippen LogP contribution in [0.3, 0.4) is 0 Å². The monoisotopic (exact) mass is 464 g/mol. The Bertz CT molecular complexity index is 1090. The van der Waals surface area contributed by atoms with Gasteiger partial charge in [0.15, 0.2) is 9.84 Å². The molecule has 1 unspecified atom stereocenters. The van der Waals surface area contributed by atoms with Crippen LogP contribution in [0.15, 0.2) is 41.9 Å². The van der Waals surface area contributed by atoms with Crippen molar-refractivity contribution in [1.82, 2.24) is 15.3 Å². The molecule has 31 heavy (non-hydrogen) atoms. The Hall–Kier alpha value is -2.65. The lowest BCUT2D eigenvalue weighted by molar-refractivity contribution is 0.0935. The van der Waals surface area contributed by atoms with Crippen LogP contribution < -0.4 is 15.4 Å². The molecule has 1 aliphatic carbocycles. The van der Waals surface area contributed by atoms with Crippen LogP contribution in [0.5, 0.6) is 5.88 Å². The average molecular weight is 465 g/mol. The quantitative estimate of drug-likeness (QED) is 0.585. The molecule has 3 rings (SSSR count). The van der Waals surface area contributed by atoms with Gasteiger partial charge >= 0.3 is 0 Å². The van der Waals surface area contributed by atoms with E-state index in [1.54, 1.807) is 6.92 Å². The molecule has 1 aliphatic rings. The van der Waals surface area contributed by atoms with Gasteiger partial charge in [-0.2, -0.15) is 4.98 Å². The standard InChI is InChI=1S/C21H25ClN4O4S/c1-13(10-11-31(3,28)29)24-20(27)19-23-12-17(21(26-19)30-2)25-18(14-8-9-14)15-6-4-5-7-16(15)22/h4-7,10-14,18,25H,8-9H2,1-3H3,(H,24,27)/b11-10+/t13-,18?/m1/s1. The van der Waals surface area contributed by atoms with E-state index in [9.17, 15) is 13.2 Å². The zero-order valence-corrected chi connectivity index (χ0v) is 19.1. The van der Waals surface area contributed by atoms with E-state index in [-0.39, 0.29) is 17.7 Å². The minimum absolute atomic E-state index is 0.0213. The van der Waals surface area contributed by atoms with E-state index < -0.39 is 21.8 Å². The van der Waals surface area contributed by atoms with Gasteiger partial charge in [-0.15, -0.1) is 0 Å². The van der Waals surface area contributed by atoms with Gasteiger partial charge in [-0.1, -0.05) is 35.9 Å². The largest absolute Gasteiger partial charge is 0.479 e. The summed E-state index contributed by atoms with van der Waals surface area (Å²) in [6.07, 6.45) is 6.14. The first-order valence-corrected chi connectivity index (χ1v) is 12.1. The van der Waals surface area contributed by atoms with Crippen molar-refractivity contribution in [3.8, 4) is 5.88 Å². The van der Waals surface area contributed by atoms with Crippen molar-refractivity contribution in [1.29, 1.82) is 0 Å². The third kappa shape index (κ3) is 6.41. The minimum atomic E-state index is -3.28. The number of halogens is 1. The van der Waals surface area contributed by atoms with Crippen LogP contribution in [-0.4, -0.2) is 43.7 Å². The van der Waals surface area contributed by atoms with Gasteiger partial charge in [-0.3, -0.25) is 4.79 Å². The highest BCUT2D eigenvalue weighted by molar-refractivity contribution is 7.93. The molecular formula is C21H25ClN4O4S. The van der Waals surface area contributed by atoms with Gasteiger partial charge in [0.1, 0.15) is 5.69 Å². The fourth-order valence-corrected chi connectivity index (χ4v) is 3.86. The number of anilines is 1. The van der Waals surface area contributed by atoms with E-state index in [2.05, 4.69) is 20.6 Å². The van der Waals surface area contributed by atoms with Crippen LogP contribution in [0.2, 0.25) is 5.02 Å². The zero-order valence-electron chi connectivity index (χ0n) is 17.5. The second-order valence-electron chi connectivity index (χ2n) is 7.52. The average Bonchev–Trinajstić information content (AvgIpc) is 3.56. The number of carbonyl (C=O) groups is 1. The molecule has 1 aromatic carbocycles. The number of sulfone groups is 1. The molecule has 0 spiro atoms. The Balaban J connectivity index is 1.77. The molecule has 2 atom stereocenters. The molecule has 2 N–H and O–H groups in total. The third-order valence-electron chi connectivity index (χ3n) is 4.77. The second kappa shape index (κ2) is 9.65. The molecule has 1 heterocycles. The van der Waals surface area contributed by atoms with Crippen molar-refractivity contribution < 1.29 is 17.9 Å². The highest BCUT2D eigenvalue weighted by Gasteiger charge is 2.34. The van der Waals surface area contributed by atoms with Crippen LogP contribution in [0.25, 0.3) is 0 Å². The normalized spacial score (nSPS) is 16.0. The Morgan fingerprint density at radius 2 is 2.03 bits per heavy atom. The number of hydrogen-bond donors (Lipinski definition) is 2. The number of ether oxygens (including phenoxy) is 1. The molecule has 2 aromatic rings. The number of nitrogens with zero attached hydrogens (tertiary/aromatic N) is 2. The molecular weight excluding hydrogens is 440 g/mol. The molecule has 0 bridgehead atoms. The van der Waals surface area contributed by atoms with Crippen LogP contribution in [0, 0.1) is 5.92 Å². The van der Waals surface area contributed by atoms with E-state index in [1.807, 2.05) is 24.3 Å². The maximum Gasteiger partial charge on any atom is 0.289 e. The summed E-state index contributed by atoms with van der Waals surface area (Å²) in [6, 6.07) is 7.13. The van der Waals surface area contributed by atoms with E-state index >= 15 is 0 Å². The van der Waals surface area contributed by atoms with E-state index in [1.165, 1.54) is 19.4 Å². The number of methoxy groups -OCH3 is 1. The lowest BCUT2D eigenvalue weighted by atomic mass is 10.0. The van der Waals surface area contributed by atoms with Crippen LogP contribution in [0.1, 0.15) is 42.0 Å². The highest BCUT2D eigenvalue weighted by Crippen LogP contribution is 2.45. The summed E-state index contributed by atoms with van der Waals surface area (Å²) in [5.74, 6) is 0.0512. The topological polar surface area (TPSA) is 110 Å². The van der Waals surface area contributed by atoms with E-state index in [0.717, 1.165) is 30.1 Å². The maximum absolute atomic E-state index is 12.5. The van der Waals surface area contributed by atoms with Gasteiger partial charge in [0.05, 0.1) is 19.3 Å². The second-order valence-corrected chi connectivity index (χ2v) is 9.86. The SMILES string of the molecule is COc1nc(C(=O)N[C@H](C)/C=C/S(C)(=O)=O)ncc1NC(c1ccccc1Cl)C1CC1. The number of hydrogen-bond acceptors (Lipinski definition) is 7. The third-order valence-corrected chi connectivity index (χ3v) is 5.76. The summed E-state index contributed by atoms with van der Waals surface area (Å²) < 4.78 is 27.8. The summed E-state index contributed by atoms with van der Waals surface area (Å²) in [5.41, 5.74) is 1.54. The molecule has 10 heteroatoms. The van der Waals surface area contributed by atoms with Crippen LogP contribution in [-0.2, 0) is 9.84 Å². The first-order valence-electron chi connectivity index (χ1n) is 9.79. The fraction of sp³-hybridized carbons (Fsp3) is 0.381. The first kappa shape index (κ1) is 23.0. The Kier molecular flexibility index (Phi) is 7.17. The molecule has 166 valence electrons. The van der Waals surface area contributed by atoms with Gasteiger partial charge in [-0.25, -0.2) is 13.4 Å². The molecule has 1 saturated carbocycles. The number of benzene rings is 1. The number of carbonyl (C=O) groups excluding carboxylic acids is 1. The molecule has 0 radical (unpaired) electrons. The highest BCUT2D eigenvalue weighted by atomic mass is 35.5. The van der Waals surface area contributed by atoms with Crippen molar-refractivity contribution >= 4 is 33.0 Å². The Morgan fingerprint density at radius 3 is 2.65 bits per heavy atom. The molecule has 0 saturated heterocycles. The van der Waals surface area contributed by atoms with E-state index in [4.69, 9.17) is 16.3 Å². The fourth-order valence-electron chi connectivity index (χ4n) is 3.08. The van der Waals surface area contributed by atoms with Crippen LogP contribution in [0.4, 0.5) is 5.69 Å². The Labute approximate surface area is 187 Å². The summed E-state index contributed by atoms with van der Waals surface area (Å²) in [6.45, 7) is 1.65. The molecule has 1 amide bonds. The van der Waals surface area contributed by atoms with E-state index in [0.29, 0.717) is 16.6 Å². The smallest absolute Gasteiger partial charge is 0.289 e. The number of amides is 1. The first-order chi connectivity index (χ1) is 14.7. The minimum Gasteiger partial charge on any atom is -0.479 e. The molecule has 0 aliphatic heterocycles. The van der Waals surface area contributed by atoms with Crippen molar-refractivity contribution in [2.75, 3.05) is 18.7 Å². The van der Waals surface area contributed by atoms with Gasteiger partial charge in [0, 0.05) is 22.7 Å². The molecule has 1 fully saturated rings. The Morgan fingerprint density at radius 1 is 1.32 bits per heavy atom. The summed E-state index contributed by atoms with van der Waals surface area (Å²) in [4.78, 5) is 20.8. The number of aromatic nitrogens is 2. The maximum atomic E-state index is 12.5. The van der Waals surface area contributed by atoms with Crippen LogP contribution >= 0.6 is 11.6 Å². The van der Waals surface area contributed by atoms with Gasteiger partial charge in [0.2, 0.25) is 11.7 Å². The predicted molar refractivity (Wildman–Crippen MR) is 120 cm³/mol.